The van der Waals surface area contributed by atoms with Crippen molar-refractivity contribution in [1.82, 2.24) is 14.9 Å². The first-order valence-electron chi connectivity index (χ1n) is 6.65. The molecule has 0 aliphatic carbocycles. The lowest BCUT2D eigenvalue weighted by Gasteiger charge is -2.14. The summed E-state index contributed by atoms with van der Waals surface area (Å²) in [4.78, 5) is 49.3. The van der Waals surface area contributed by atoms with Crippen LogP contribution in [0, 0.1) is 0 Å². The Morgan fingerprint density at radius 1 is 1.32 bits per heavy atom. The largest absolute Gasteiger partial charge is 0.481 e. The van der Waals surface area contributed by atoms with Gasteiger partial charge in [-0.3, -0.25) is 14.4 Å². The highest BCUT2D eigenvalue weighted by molar-refractivity contribution is 5.81. The molecule has 0 saturated heterocycles. The first kappa shape index (κ1) is 15.5. The molecule has 1 aromatic heterocycles. The fourth-order valence-electron chi connectivity index (χ4n) is 2.09. The predicted octanol–water partition coefficient (Wildman–Crippen LogP) is -0.158. The summed E-state index contributed by atoms with van der Waals surface area (Å²) in [5, 5.41) is 11.2. The minimum atomic E-state index is -1.05. The number of aromatic nitrogens is 2. The van der Waals surface area contributed by atoms with Crippen LogP contribution in [0.15, 0.2) is 33.9 Å². The van der Waals surface area contributed by atoms with Crippen LogP contribution in [0.3, 0.4) is 0 Å². The van der Waals surface area contributed by atoms with Gasteiger partial charge in [-0.15, -0.1) is 0 Å². The molecule has 0 saturated carbocycles. The van der Waals surface area contributed by atoms with Gasteiger partial charge in [0, 0.05) is 6.54 Å². The second kappa shape index (κ2) is 6.25. The van der Waals surface area contributed by atoms with Crippen LogP contribution in [0.25, 0.3) is 10.9 Å². The highest BCUT2D eigenvalue weighted by atomic mass is 16.4. The lowest BCUT2D eigenvalue weighted by molar-refractivity contribution is -0.137. The number of hydrogen-bond acceptors (Lipinski definition) is 4. The molecule has 0 aliphatic rings. The number of carbonyl (C=O) groups is 2. The van der Waals surface area contributed by atoms with E-state index in [4.69, 9.17) is 5.11 Å². The zero-order valence-electron chi connectivity index (χ0n) is 11.8. The van der Waals surface area contributed by atoms with Crippen molar-refractivity contribution in [3.8, 4) is 0 Å². The number of carboxylic acids is 1. The molecule has 8 nitrogen and oxygen atoms in total. The zero-order valence-corrected chi connectivity index (χ0v) is 11.8. The number of fused-ring (bicyclic) bond motifs is 1. The number of para-hydroxylation sites is 1. The fraction of sp³-hybridized carbons (Fsp3) is 0.286. The molecule has 116 valence electrons. The molecule has 1 amide bonds. The summed E-state index contributed by atoms with van der Waals surface area (Å²) < 4.78 is 0.818. The average molecular weight is 305 g/mol. The summed E-state index contributed by atoms with van der Waals surface area (Å²) in [5.41, 5.74) is -0.864. The Bertz CT molecular complexity index is 836. The zero-order chi connectivity index (χ0) is 16.3. The topological polar surface area (TPSA) is 121 Å². The second-order valence-corrected chi connectivity index (χ2v) is 4.76. The summed E-state index contributed by atoms with van der Waals surface area (Å²) in [7, 11) is 0. The van der Waals surface area contributed by atoms with Gasteiger partial charge in [0.15, 0.2) is 0 Å². The minimum Gasteiger partial charge on any atom is -0.481 e. The van der Waals surface area contributed by atoms with E-state index in [1.165, 1.54) is 6.92 Å². The van der Waals surface area contributed by atoms with E-state index in [1.54, 1.807) is 24.3 Å². The average Bonchev–Trinajstić information content (AvgIpc) is 2.46. The van der Waals surface area contributed by atoms with Crippen LogP contribution in [0.5, 0.6) is 0 Å². The Kier molecular flexibility index (Phi) is 4.40. The predicted molar refractivity (Wildman–Crippen MR) is 78.8 cm³/mol. The number of rotatable bonds is 5. The summed E-state index contributed by atoms with van der Waals surface area (Å²) >= 11 is 0. The Morgan fingerprint density at radius 3 is 2.68 bits per heavy atom. The molecule has 0 fully saturated rings. The van der Waals surface area contributed by atoms with Gasteiger partial charge in [-0.25, -0.2) is 9.36 Å². The highest BCUT2D eigenvalue weighted by Gasteiger charge is 2.20. The molecule has 0 spiro atoms. The molecule has 1 aromatic carbocycles. The van der Waals surface area contributed by atoms with Crippen LogP contribution in [-0.2, 0) is 9.59 Å². The van der Waals surface area contributed by atoms with Gasteiger partial charge >= 0.3 is 11.7 Å². The molecule has 0 radical (unpaired) electrons. The Balaban J connectivity index is 2.34. The van der Waals surface area contributed by atoms with Gasteiger partial charge in [0.25, 0.3) is 5.56 Å². The number of nitrogens with zero attached hydrogens (tertiary/aromatic N) is 1. The van der Waals surface area contributed by atoms with Gasteiger partial charge in [0.1, 0.15) is 6.04 Å². The third kappa shape index (κ3) is 3.05. The lowest BCUT2D eigenvalue weighted by atomic mass is 10.2. The number of nitrogens with one attached hydrogen (secondary N) is 2. The van der Waals surface area contributed by atoms with Gasteiger partial charge < -0.3 is 15.4 Å². The Morgan fingerprint density at radius 2 is 2.00 bits per heavy atom. The molecule has 2 rings (SSSR count). The first-order chi connectivity index (χ1) is 10.4. The molecule has 1 unspecified atom stereocenters. The minimum absolute atomic E-state index is 0.0707. The number of aromatic amines is 1. The van der Waals surface area contributed by atoms with E-state index in [9.17, 15) is 19.2 Å². The summed E-state index contributed by atoms with van der Waals surface area (Å²) in [5.74, 6) is -1.64. The lowest BCUT2D eigenvalue weighted by Crippen LogP contribution is -2.43. The van der Waals surface area contributed by atoms with Gasteiger partial charge in [0.2, 0.25) is 5.91 Å². The molecule has 2 aromatic rings. The number of hydrogen-bond donors (Lipinski definition) is 3. The first-order valence-corrected chi connectivity index (χ1v) is 6.65. The smallest absolute Gasteiger partial charge is 0.329 e. The number of amides is 1. The normalized spacial score (nSPS) is 12.0. The van der Waals surface area contributed by atoms with Crippen molar-refractivity contribution < 1.29 is 14.7 Å². The summed E-state index contributed by atoms with van der Waals surface area (Å²) in [6, 6.07) is 5.45. The number of H-pyrrole nitrogens is 1. The van der Waals surface area contributed by atoms with E-state index in [0.29, 0.717) is 10.9 Å². The van der Waals surface area contributed by atoms with Crippen molar-refractivity contribution in [1.29, 1.82) is 0 Å². The van der Waals surface area contributed by atoms with Gasteiger partial charge in [-0.1, -0.05) is 12.1 Å². The highest BCUT2D eigenvalue weighted by Crippen LogP contribution is 2.06. The van der Waals surface area contributed by atoms with Gasteiger partial charge in [-0.05, 0) is 19.1 Å². The van der Waals surface area contributed by atoms with Crippen molar-refractivity contribution in [2.75, 3.05) is 6.54 Å². The summed E-state index contributed by atoms with van der Waals surface area (Å²) in [6.07, 6.45) is -0.235. The quantitative estimate of drug-likeness (QED) is 0.709. The van der Waals surface area contributed by atoms with E-state index in [1.807, 2.05) is 0 Å². The fourth-order valence-corrected chi connectivity index (χ4v) is 2.09. The van der Waals surface area contributed by atoms with E-state index in [0.717, 1.165) is 4.57 Å². The van der Waals surface area contributed by atoms with E-state index in [2.05, 4.69) is 10.3 Å². The van der Waals surface area contributed by atoms with E-state index >= 15 is 0 Å². The maximum atomic E-state index is 12.3. The van der Waals surface area contributed by atoms with Crippen LogP contribution in [0.2, 0.25) is 0 Å². The maximum Gasteiger partial charge on any atom is 0.329 e. The monoisotopic (exact) mass is 305 g/mol. The molecule has 8 heteroatoms. The van der Waals surface area contributed by atoms with Crippen LogP contribution < -0.4 is 16.6 Å². The van der Waals surface area contributed by atoms with Gasteiger partial charge in [0.05, 0.1) is 17.3 Å². The molecule has 0 bridgehead atoms. The molecule has 0 aliphatic heterocycles. The summed E-state index contributed by atoms with van der Waals surface area (Å²) in [6.45, 7) is 1.33. The van der Waals surface area contributed by atoms with Crippen molar-refractivity contribution in [3.63, 3.8) is 0 Å². The van der Waals surface area contributed by atoms with Crippen LogP contribution in [0.4, 0.5) is 0 Å². The molecular weight excluding hydrogens is 290 g/mol. The Labute approximate surface area is 124 Å². The molecule has 1 atom stereocenters. The number of carboxylic acid groups (broad SMARTS) is 1. The van der Waals surface area contributed by atoms with Crippen molar-refractivity contribution in [2.24, 2.45) is 0 Å². The van der Waals surface area contributed by atoms with Crippen LogP contribution in [-0.4, -0.2) is 33.1 Å². The number of aliphatic carboxylic acids is 1. The number of carbonyl (C=O) groups excluding carboxylic acids is 1. The third-order valence-electron chi connectivity index (χ3n) is 3.24. The number of benzene rings is 1. The third-order valence-corrected chi connectivity index (χ3v) is 3.24. The van der Waals surface area contributed by atoms with E-state index < -0.39 is 29.2 Å². The molecule has 3 N–H and O–H groups in total. The van der Waals surface area contributed by atoms with Crippen molar-refractivity contribution in [3.05, 3.63) is 45.1 Å². The van der Waals surface area contributed by atoms with Crippen LogP contribution in [0.1, 0.15) is 19.4 Å². The standard InChI is InChI=1S/C14H15N3O5/c1-8(12(20)15-7-6-11(18)19)17-13(21)9-4-2-3-5-10(9)16-14(17)22/h2-5,8H,6-7H2,1H3,(H,15,20)(H,16,22)(H,18,19). The molecule has 1 heterocycles. The Hall–Kier alpha value is -2.90. The second-order valence-electron chi connectivity index (χ2n) is 4.76. The van der Waals surface area contributed by atoms with Crippen molar-refractivity contribution in [2.45, 2.75) is 19.4 Å². The van der Waals surface area contributed by atoms with Gasteiger partial charge in [-0.2, -0.15) is 0 Å². The molecule has 22 heavy (non-hydrogen) atoms. The SMILES string of the molecule is CC(C(=O)NCCC(=O)O)n1c(=O)[nH]c2ccccc2c1=O. The van der Waals surface area contributed by atoms with E-state index in [-0.39, 0.29) is 13.0 Å². The molecular formula is C14H15N3O5. The van der Waals surface area contributed by atoms with Crippen molar-refractivity contribution >= 4 is 22.8 Å². The van der Waals surface area contributed by atoms with Crippen LogP contribution >= 0.6 is 0 Å². The maximum absolute atomic E-state index is 12.3.